The second-order valence-electron chi connectivity index (χ2n) is 5.43. The lowest BCUT2D eigenvalue weighted by Gasteiger charge is -2.31. The number of fused-ring (bicyclic) bond motifs is 2. The minimum absolute atomic E-state index is 0.149. The van der Waals surface area contributed by atoms with Crippen molar-refractivity contribution in [3.8, 4) is 0 Å². The van der Waals surface area contributed by atoms with Crippen LogP contribution in [0.2, 0.25) is 0 Å². The number of allylic oxidation sites excluding steroid dienone is 2. The highest BCUT2D eigenvalue weighted by Gasteiger charge is 2.38. The number of hydrogen-bond donors (Lipinski definition) is 2. The van der Waals surface area contributed by atoms with E-state index in [1.807, 2.05) is 24.3 Å². The molecule has 0 bridgehead atoms. The van der Waals surface area contributed by atoms with Crippen molar-refractivity contribution >= 4 is 22.5 Å². The van der Waals surface area contributed by atoms with Crippen LogP contribution in [0.1, 0.15) is 23.2 Å². The maximum absolute atomic E-state index is 12.2. The van der Waals surface area contributed by atoms with Crippen LogP contribution in [-0.2, 0) is 0 Å². The molecule has 4 nitrogen and oxygen atoms in total. The van der Waals surface area contributed by atoms with Crippen LogP contribution in [0.3, 0.4) is 0 Å². The first-order valence-corrected chi connectivity index (χ1v) is 6.92. The van der Waals surface area contributed by atoms with Crippen molar-refractivity contribution in [2.24, 2.45) is 16.9 Å². The highest BCUT2D eigenvalue weighted by molar-refractivity contribution is 6.07. The number of aromatic nitrogens is 1. The van der Waals surface area contributed by atoms with Gasteiger partial charge in [-0.2, -0.15) is 5.10 Å². The van der Waals surface area contributed by atoms with Gasteiger partial charge in [0, 0.05) is 28.7 Å². The summed E-state index contributed by atoms with van der Waals surface area (Å²) in [7, 11) is 0. The highest BCUT2D eigenvalue weighted by atomic mass is 16.2. The van der Waals surface area contributed by atoms with Gasteiger partial charge in [0.25, 0.3) is 5.91 Å². The maximum Gasteiger partial charge on any atom is 0.273 e. The summed E-state index contributed by atoms with van der Waals surface area (Å²) >= 11 is 0. The number of hydrogen-bond acceptors (Lipinski definition) is 2. The van der Waals surface area contributed by atoms with E-state index in [1.54, 1.807) is 6.20 Å². The van der Waals surface area contributed by atoms with E-state index in [4.69, 9.17) is 0 Å². The number of nitrogens with zero attached hydrogens (tertiary/aromatic N) is 1. The number of hydrazone groups is 1. The van der Waals surface area contributed by atoms with Gasteiger partial charge in [-0.25, -0.2) is 5.43 Å². The number of carbonyl (C=O) groups is 1. The molecule has 4 rings (SSSR count). The van der Waals surface area contributed by atoms with E-state index in [9.17, 15) is 4.79 Å². The Labute approximate surface area is 116 Å². The van der Waals surface area contributed by atoms with E-state index in [0.717, 1.165) is 29.5 Å². The second kappa shape index (κ2) is 4.34. The Hall–Kier alpha value is -2.36. The quantitative estimate of drug-likeness (QED) is 0.636. The van der Waals surface area contributed by atoms with Crippen molar-refractivity contribution in [2.75, 3.05) is 0 Å². The first-order valence-electron chi connectivity index (χ1n) is 6.92. The second-order valence-corrected chi connectivity index (χ2v) is 5.43. The summed E-state index contributed by atoms with van der Waals surface area (Å²) < 4.78 is 0. The number of benzene rings is 1. The lowest BCUT2D eigenvalue weighted by Crippen LogP contribution is -2.35. The molecule has 1 aromatic heterocycles. The summed E-state index contributed by atoms with van der Waals surface area (Å²) in [6, 6.07) is 7.77. The van der Waals surface area contributed by atoms with Gasteiger partial charge in [-0.05, 0) is 24.8 Å². The molecular weight excluding hydrogens is 250 g/mol. The predicted octanol–water partition coefficient (Wildman–Crippen LogP) is 2.85. The Morgan fingerprint density at radius 2 is 2.25 bits per heavy atom. The number of carbonyl (C=O) groups excluding carboxylic acids is 1. The zero-order chi connectivity index (χ0) is 13.5. The molecule has 1 aromatic carbocycles. The molecule has 0 spiro atoms. The molecule has 20 heavy (non-hydrogen) atoms. The number of aromatic amines is 1. The van der Waals surface area contributed by atoms with Gasteiger partial charge in [-0.1, -0.05) is 30.4 Å². The molecule has 2 N–H and O–H groups in total. The standard InChI is InChI=1S/C16H15N3O/c20-16(13-9-17-14-7-2-1-5-12(13)14)19-18-15-8-10-4-3-6-11(10)15/h1-5,7,9-11,17H,6,8H2,(H,19,20)/b18-15-. The molecule has 0 radical (unpaired) electrons. The van der Waals surface area contributed by atoms with Crippen LogP contribution < -0.4 is 5.43 Å². The number of nitrogens with one attached hydrogen (secondary N) is 2. The highest BCUT2D eigenvalue weighted by Crippen LogP contribution is 2.40. The Morgan fingerprint density at radius 3 is 3.15 bits per heavy atom. The molecule has 2 aliphatic carbocycles. The Bertz CT molecular complexity index is 741. The topological polar surface area (TPSA) is 57.2 Å². The molecular formula is C16H15N3O. The fraction of sp³-hybridized carbons (Fsp3) is 0.250. The van der Waals surface area contributed by atoms with Gasteiger partial charge in [-0.3, -0.25) is 4.79 Å². The average Bonchev–Trinajstić information content (AvgIpc) is 3.03. The zero-order valence-corrected chi connectivity index (χ0v) is 11.0. The van der Waals surface area contributed by atoms with Crippen LogP contribution in [0.4, 0.5) is 0 Å². The van der Waals surface area contributed by atoms with Crippen molar-refractivity contribution in [1.29, 1.82) is 0 Å². The third-order valence-corrected chi connectivity index (χ3v) is 4.30. The monoisotopic (exact) mass is 265 g/mol. The fourth-order valence-corrected chi connectivity index (χ4v) is 3.11. The van der Waals surface area contributed by atoms with Crippen molar-refractivity contribution in [3.63, 3.8) is 0 Å². The minimum Gasteiger partial charge on any atom is -0.360 e. The molecule has 1 amide bonds. The summed E-state index contributed by atoms with van der Waals surface area (Å²) in [5, 5.41) is 5.23. The van der Waals surface area contributed by atoms with E-state index in [2.05, 4.69) is 27.7 Å². The number of rotatable bonds is 2. The number of amides is 1. The van der Waals surface area contributed by atoms with E-state index < -0.39 is 0 Å². The molecule has 2 unspecified atom stereocenters. The van der Waals surface area contributed by atoms with Crippen molar-refractivity contribution in [3.05, 3.63) is 48.2 Å². The summed E-state index contributed by atoms with van der Waals surface area (Å²) in [6.45, 7) is 0. The van der Waals surface area contributed by atoms with Gasteiger partial charge in [-0.15, -0.1) is 0 Å². The summed E-state index contributed by atoms with van der Waals surface area (Å²) in [5.74, 6) is 1.03. The largest absolute Gasteiger partial charge is 0.360 e. The van der Waals surface area contributed by atoms with Crippen LogP contribution in [-0.4, -0.2) is 16.6 Å². The molecule has 1 heterocycles. The van der Waals surface area contributed by atoms with Crippen molar-refractivity contribution < 1.29 is 4.79 Å². The van der Waals surface area contributed by atoms with Gasteiger partial charge in [0.15, 0.2) is 0 Å². The smallest absolute Gasteiger partial charge is 0.273 e. The molecule has 4 heteroatoms. The van der Waals surface area contributed by atoms with Crippen molar-refractivity contribution in [1.82, 2.24) is 10.4 Å². The third-order valence-electron chi connectivity index (χ3n) is 4.30. The van der Waals surface area contributed by atoms with Gasteiger partial charge < -0.3 is 4.98 Å². The summed E-state index contributed by atoms with van der Waals surface area (Å²) in [4.78, 5) is 15.3. The molecule has 100 valence electrons. The first-order chi connectivity index (χ1) is 9.83. The van der Waals surface area contributed by atoms with E-state index in [1.165, 1.54) is 0 Å². The summed E-state index contributed by atoms with van der Waals surface area (Å²) in [6.07, 6.45) is 8.24. The van der Waals surface area contributed by atoms with E-state index in [-0.39, 0.29) is 5.91 Å². The molecule has 2 aliphatic rings. The zero-order valence-electron chi connectivity index (χ0n) is 11.0. The van der Waals surface area contributed by atoms with E-state index in [0.29, 0.717) is 17.4 Å². The van der Waals surface area contributed by atoms with Gasteiger partial charge in [0.05, 0.1) is 5.56 Å². The normalized spacial score (nSPS) is 25.7. The molecule has 0 saturated heterocycles. The van der Waals surface area contributed by atoms with Crippen molar-refractivity contribution in [2.45, 2.75) is 12.8 Å². The Balaban J connectivity index is 1.52. The fourth-order valence-electron chi connectivity index (χ4n) is 3.11. The average molecular weight is 265 g/mol. The first kappa shape index (κ1) is 11.5. The third kappa shape index (κ3) is 1.68. The number of H-pyrrole nitrogens is 1. The predicted molar refractivity (Wildman–Crippen MR) is 78.6 cm³/mol. The SMILES string of the molecule is O=C(N/N=C1/CC2C=CCC12)c1c[nH]c2ccccc12. The minimum atomic E-state index is -0.149. The van der Waals surface area contributed by atoms with Crippen LogP contribution in [0.25, 0.3) is 10.9 Å². The molecule has 0 aliphatic heterocycles. The molecule has 1 fully saturated rings. The van der Waals surface area contributed by atoms with Gasteiger partial charge >= 0.3 is 0 Å². The van der Waals surface area contributed by atoms with Crippen LogP contribution in [0.5, 0.6) is 0 Å². The molecule has 2 atom stereocenters. The van der Waals surface area contributed by atoms with Crippen LogP contribution in [0.15, 0.2) is 47.7 Å². The molecule has 1 saturated carbocycles. The number of para-hydroxylation sites is 1. The maximum atomic E-state index is 12.2. The lowest BCUT2D eigenvalue weighted by molar-refractivity contribution is 0.0955. The Morgan fingerprint density at radius 1 is 1.35 bits per heavy atom. The lowest BCUT2D eigenvalue weighted by atomic mass is 9.74. The van der Waals surface area contributed by atoms with E-state index >= 15 is 0 Å². The van der Waals surface area contributed by atoms with Crippen LogP contribution >= 0.6 is 0 Å². The summed E-state index contributed by atoms with van der Waals surface area (Å²) in [5.41, 5.74) is 5.42. The van der Waals surface area contributed by atoms with Gasteiger partial charge in [0.2, 0.25) is 0 Å². The van der Waals surface area contributed by atoms with Gasteiger partial charge in [0.1, 0.15) is 0 Å². The Kier molecular flexibility index (Phi) is 2.49. The molecule has 2 aromatic rings. The van der Waals surface area contributed by atoms with Crippen LogP contribution in [0, 0.1) is 11.8 Å².